The topological polar surface area (TPSA) is 29.4 Å². The summed E-state index contributed by atoms with van der Waals surface area (Å²) in [5.41, 5.74) is 2.84. The molecule has 0 amide bonds. The zero-order chi connectivity index (χ0) is 20.1. The lowest BCUT2D eigenvalue weighted by molar-refractivity contribution is 0.0374. The van der Waals surface area contributed by atoms with E-state index in [-0.39, 0.29) is 5.82 Å². The molecule has 0 spiro atoms. The van der Waals surface area contributed by atoms with Crippen molar-refractivity contribution in [3.8, 4) is 0 Å². The van der Waals surface area contributed by atoms with Gasteiger partial charge in [0.15, 0.2) is 0 Å². The van der Waals surface area contributed by atoms with Gasteiger partial charge in [-0.25, -0.2) is 4.39 Å². The van der Waals surface area contributed by atoms with E-state index in [9.17, 15) is 4.39 Å². The number of fused-ring (bicyclic) bond motifs is 1. The van der Waals surface area contributed by atoms with Crippen LogP contribution in [0.3, 0.4) is 0 Å². The molecule has 2 heterocycles. The maximum atomic E-state index is 14.3. The summed E-state index contributed by atoms with van der Waals surface area (Å²) in [6.07, 6.45) is 3.23. The van der Waals surface area contributed by atoms with E-state index < -0.39 is 0 Å². The molecule has 1 aliphatic rings. The van der Waals surface area contributed by atoms with E-state index in [1.54, 1.807) is 12.1 Å². The maximum absolute atomic E-state index is 14.3. The number of ether oxygens (including phenoxy) is 1. The Morgan fingerprint density at radius 1 is 1.07 bits per heavy atom. The van der Waals surface area contributed by atoms with Crippen LogP contribution in [0, 0.1) is 5.82 Å². The maximum Gasteiger partial charge on any atom is 0.129 e. The van der Waals surface area contributed by atoms with Gasteiger partial charge in [0.25, 0.3) is 0 Å². The van der Waals surface area contributed by atoms with E-state index in [1.165, 1.54) is 17.0 Å². The molecule has 0 bridgehead atoms. The van der Waals surface area contributed by atoms with Crippen molar-refractivity contribution in [2.24, 2.45) is 0 Å². The zero-order valence-corrected chi connectivity index (χ0v) is 17.3. The molecule has 0 saturated carbocycles. The highest BCUT2D eigenvalue weighted by Gasteiger charge is 2.13. The molecule has 4 rings (SSSR count). The summed E-state index contributed by atoms with van der Waals surface area (Å²) >= 11 is 6.24. The van der Waals surface area contributed by atoms with Crippen LogP contribution < -0.4 is 5.32 Å². The Kier molecular flexibility index (Phi) is 6.82. The van der Waals surface area contributed by atoms with Gasteiger partial charge in [0, 0.05) is 47.3 Å². The Bertz CT molecular complexity index is 932. The Morgan fingerprint density at radius 3 is 2.72 bits per heavy atom. The highest BCUT2D eigenvalue weighted by atomic mass is 35.5. The molecule has 2 aromatic carbocycles. The van der Waals surface area contributed by atoms with E-state index in [2.05, 4.69) is 33.1 Å². The molecule has 1 saturated heterocycles. The Labute approximate surface area is 176 Å². The molecule has 154 valence electrons. The number of hydrogen-bond acceptors (Lipinski definition) is 3. The first-order chi connectivity index (χ1) is 14.2. The van der Waals surface area contributed by atoms with E-state index in [0.717, 1.165) is 57.9 Å². The van der Waals surface area contributed by atoms with Crippen molar-refractivity contribution >= 4 is 22.5 Å². The fourth-order valence-corrected chi connectivity index (χ4v) is 4.15. The fourth-order valence-electron chi connectivity index (χ4n) is 3.92. The van der Waals surface area contributed by atoms with Crippen molar-refractivity contribution in [2.45, 2.75) is 19.5 Å². The largest absolute Gasteiger partial charge is 0.379 e. The number of rotatable bonds is 8. The van der Waals surface area contributed by atoms with Crippen LogP contribution in [0.1, 0.15) is 17.5 Å². The van der Waals surface area contributed by atoms with Gasteiger partial charge in [-0.1, -0.05) is 35.9 Å². The minimum atomic E-state index is -0.266. The smallest absolute Gasteiger partial charge is 0.129 e. The molecule has 4 nitrogen and oxygen atoms in total. The van der Waals surface area contributed by atoms with Crippen LogP contribution in [0.25, 0.3) is 10.9 Å². The number of nitrogens with one attached hydrogen (secondary N) is 1. The monoisotopic (exact) mass is 415 g/mol. The molecule has 0 atom stereocenters. The van der Waals surface area contributed by atoms with E-state index in [0.29, 0.717) is 17.1 Å². The molecule has 6 heteroatoms. The van der Waals surface area contributed by atoms with Gasteiger partial charge < -0.3 is 14.6 Å². The van der Waals surface area contributed by atoms with Crippen LogP contribution in [0.5, 0.6) is 0 Å². The molecule has 0 aliphatic carbocycles. The summed E-state index contributed by atoms with van der Waals surface area (Å²) in [6.45, 7) is 7.04. The Hall–Kier alpha value is -1.92. The number of halogens is 2. The lowest BCUT2D eigenvalue weighted by Gasteiger charge is -2.26. The number of benzene rings is 2. The number of aromatic nitrogens is 1. The van der Waals surface area contributed by atoms with Crippen LogP contribution in [-0.2, 0) is 17.8 Å². The average Bonchev–Trinajstić information content (AvgIpc) is 3.09. The molecule has 1 fully saturated rings. The van der Waals surface area contributed by atoms with Crippen LogP contribution in [0.2, 0.25) is 5.02 Å². The molecule has 1 aliphatic heterocycles. The van der Waals surface area contributed by atoms with Crippen molar-refractivity contribution < 1.29 is 9.13 Å². The third kappa shape index (κ3) is 4.98. The minimum Gasteiger partial charge on any atom is -0.379 e. The average molecular weight is 416 g/mol. The van der Waals surface area contributed by atoms with Crippen LogP contribution in [0.4, 0.5) is 4.39 Å². The standard InChI is InChI=1S/C23H27ClFN3O/c24-21-6-3-7-22(25)20(21)17-28-16-18(19-5-1-2-8-23(19)28)15-26-9-4-10-27-11-13-29-14-12-27/h1-3,5-8,16,26H,4,9-15,17H2. The molecule has 1 aromatic heterocycles. The van der Waals surface area contributed by atoms with Gasteiger partial charge in [0.2, 0.25) is 0 Å². The lowest BCUT2D eigenvalue weighted by Crippen LogP contribution is -2.37. The number of nitrogens with zero attached hydrogens (tertiary/aromatic N) is 2. The normalized spacial score (nSPS) is 15.2. The second-order valence-electron chi connectivity index (χ2n) is 7.48. The third-order valence-electron chi connectivity index (χ3n) is 5.51. The second-order valence-corrected chi connectivity index (χ2v) is 7.89. The predicted octanol–water partition coefficient (Wildman–Crippen LogP) is 4.29. The van der Waals surface area contributed by atoms with Crippen molar-refractivity contribution in [2.75, 3.05) is 39.4 Å². The SMILES string of the molecule is Fc1cccc(Cl)c1Cn1cc(CNCCCN2CCOCC2)c2ccccc21. The fraction of sp³-hybridized carbons (Fsp3) is 0.391. The van der Waals surface area contributed by atoms with Crippen LogP contribution in [-0.4, -0.2) is 48.9 Å². The van der Waals surface area contributed by atoms with Gasteiger partial charge in [-0.05, 0) is 43.3 Å². The molecular weight excluding hydrogens is 389 g/mol. The van der Waals surface area contributed by atoms with E-state index >= 15 is 0 Å². The minimum absolute atomic E-state index is 0.266. The molecule has 1 N–H and O–H groups in total. The number of para-hydroxylation sites is 1. The second kappa shape index (κ2) is 9.72. The van der Waals surface area contributed by atoms with Crippen molar-refractivity contribution in [3.05, 3.63) is 70.6 Å². The van der Waals surface area contributed by atoms with Gasteiger partial charge in [0.1, 0.15) is 5.82 Å². The van der Waals surface area contributed by atoms with Gasteiger partial charge in [0.05, 0.1) is 19.8 Å². The van der Waals surface area contributed by atoms with Crippen LogP contribution >= 0.6 is 11.6 Å². The quantitative estimate of drug-likeness (QED) is 0.556. The molecule has 0 unspecified atom stereocenters. The van der Waals surface area contributed by atoms with Crippen molar-refractivity contribution in [1.82, 2.24) is 14.8 Å². The van der Waals surface area contributed by atoms with Gasteiger partial charge >= 0.3 is 0 Å². The summed E-state index contributed by atoms with van der Waals surface area (Å²) < 4.78 is 21.7. The molecule has 0 radical (unpaired) electrons. The first-order valence-corrected chi connectivity index (χ1v) is 10.6. The summed E-state index contributed by atoms with van der Waals surface area (Å²) in [4.78, 5) is 2.45. The summed E-state index contributed by atoms with van der Waals surface area (Å²) in [6, 6.07) is 13.1. The Balaban J connectivity index is 1.41. The van der Waals surface area contributed by atoms with Gasteiger partial charge in [-0.2, -0.15) is 0 Å². The van der Waals surface area contributed by atoms with Crippen LogP contribution in [0.15, 0.2) is 48.7 Å². The molecule has 29 heavy (non-hydrogen) atoms. The number of hydrogen-bond donors (Lipinski definition) is 1. The van der Waals surface area contributed by atoms with Crippen molar-refractivity contribution in [3.63, 3.8) is 0 Å². The van der Waals surface area contributed by atoms with Gasteiger partial charge in [-0.3, -0.25) is 4.90 Å². The Morgan fingerprint density at radius 2 is 1.90 bits per heavy atom. The molecule has 3 aromatic rings. The lowest BCUT2D eigenvalue weighted by atomic mass is 10.1. The third-order valence-corrected chi connectivity index (χ3v) is 5.86. The summed E-state index contributed by atoms with van der Waals surface area (Å²) in [7, 11) is 0. The predicted molar refractivity (Wildman–Crippen MR) is 116 cm³/mol. The zero-order valence-electron chi connectivity index (χ0n) is 16.5. The van der Waals surface area contributed by atoms with Crippen molar-refractivity contribution in [1.29, 1.82) is 0 Å². The first-order valence-electron chi connectivity index (χ1n) is 10.2. The summed E-state index contributed by atoms with van der Waals surface area (Å²) in [5.74, 6) is -0.266. The van der Waals surface area contributed by atoms with E-state index in [1.807, 2.05) is 12.1 Å². The van der Waals surface area contributed by atoms with Gasteiger partial charge in [-0.15, -0.1) is 0 Å². The summed E-state index contributed by atoms with van der Waals surface area (Å²) in [5, 5.41) is 5.22. The highest BCUT2D eigenvalue weighted by molar-refractivity contribution is 6.31. The number of morpholine rings is 1. The van der Waals surface area contributed by atoms with E-state index in [4.69, 9.17) is 16.3 Å². The molecular formula is C23H27ClFN3O. The first kappa shape index (κ1) is 20.4. The highest BCUT2D eigenvalue weighted by Crippen LogP contribution is 2.25.